The van der Waals surface area contributed by atoms with Crippen molar-refractivity contribution in [2.24, 2.45) is 0 Å². The van der Waals surface area contributed by atoms with Crippen LogP contribution in [0.1, 0.15) is 29.5 Å². The lowest BCUT2D eigenvalue weighted by Crippen LogP contribution is -2.13. The van der Waals surface area contributed by atoms with Crippen molar-refractivity contribution in [3.8, 4) is 5.75 Å². The Hall–Kier alpha value is -1.94. The summed E-state index contributed by atoms with van der Waals surface area (Å²) in [5, 5.41) is 3.04. The van der Waals surface area contributed by atoms with Gasteiger partial charge in [0, 0.05) is 23.4 Å². The Kier molecular flexibility index (Phi) is 7.19. The first-order chi connectivity index (χ1) is 11.6. The average Bonchev–Trinajstić information content (AvgIpc) is 2.58. The number of aryl methyl sites for hydroxylation is 2. The number of carbonyl (C=O) groups excluding carboxylic acids is 1. The Balaban J connectivity index is 1.71. The van der Waals surface area contributed by atoms with E-state index in [1.165, 1.54) is 5.56 Å². The number of ether oxygens (including phenoxy) is 1. The Morgan fingerprint density at radius 1 is 1.08 bits per heavy atom. The van der Waals surface area contributed by atoms with E-state index >= 15 is 0 Å². The van der Waals surface area contributed by atoms with Crippen LogP contribution in [0.2, 0.25) is 0 Å². The van der Waals surface area contributed by atoms with Crippen LogP contribution in [0.5, 0.6) is 5.75 Å². The van der Waals surface area contributed by atoms with E-state index in [4.69, 9.17) is 4.74 Å². The predicted molar refractivity (Wildman–Crippen MR) is 103 cm³/mol. The molecule has 0 spiro atoms. The molecule has 3 nitrogen and oxygen atoms in total. The van der Waals surface area contributed by atoms with E-state index < -0.39 is 0 Å². The quantitative estimate of drug-likeness (QED) is 0.688. The number of thioether (sulfide) groups is 1. The van der Waals surface area contributed by atoms with Gasteiger partial charge in [-0.25, -0.2) is 0 Å². The third kappa shape index (κ3) is 5.31. The van der Waals surface area contributed by atoms with Gasteiger partial charge in [0.25, 0.3) is 0 Å². The van der Waals surface area contributed by atoms with E-state index in [9.17, 15) is 4.79 Å². The normalized spacial score (nSPS) is 10.5. The first kappa shape index (κ1) is 18.4. The van der Waals surface area contributed by atoms with Gasteiger partial charge in [0.2, 0.25) is 5.91 Å². The minimum atomic E-state index is 0.0882. The first-order valence-corrected chi connectivity index (χ1v) is 9.33. The van der Waals surface area contributed by atoms with E-state index in [1.807, 2.05) is 62.0 Å². The summed E-state index contributed by atoms with van der Waals surface area (Å²) in [6, 6.07) is 14.1. The third-order valence-electron chi connectivity index (χ3n) is 3.89. The molecule has 0 aliphatic heterocycles. The number of anilines is 1. The molecule has 0 bridgehead atoms. The number of methoxy groups -OCH3 is 1. The Labute approximate surface area is 148 Å². The standard InChI is InChI=1S/C20H25NO2S/c1-15-8-6-9-16(2)20(15)21-19(22)12-7-13-24-14-17-10-4-5-11-18(17)23-3/h4-6,8-11H,7,12-14H2,1-3H3,(H,21,22). The summed E-state index contributed by atoms with van der Waals surface area (Å²) < 4.78 is 5.35. The maximum Gasteiger partial charge on any atom is 0.224 e. The van der Waals surface area contributed by atoms with E-state index in [0.29, 0.717) is 6.42 Å². The maximum absolute atomic E-state index is 12.1. The van der Waals surface area contributed by atoms with Crippen LogP contribution >= 0.6 is 11.8 Å². The van der Waals surface area contributed by atoms with E-state index in [2.05, 4.69) is 11.4 Å². The fourth-order valence-electron chi connectivity index (χ4n) is 2.55. The number of carbonyl (C=O) groups is 1. The highest BCUT2D eigenvalue weighted by atomic mass is 32.2. The number of benzene rings is 2. The highest BCUT2D eigenvalue weighted by Crippen LogP contribution is 2.23. The molecule has 0 aliphatic carbocycles. The minimum Gasteiger partial charge on any atom is -0.496 e. The molecule has 128 valence electrons. The van der Waals surface area contributed by atoms with Crippen molar-refractivity contribution in [2.75, 3.05) is 18.2 Å². The number of hydrogen-bond acceptors (Lipinski definition) is 3. The Bertz CT molecular complexity index is 665. The van der Waals surface area contributed by atoms with E-state index in [-0.39, 0.29) is 5.91 Å². The second-order valence-corrected chi connectivity index (χ2v) is 6.89. The number of rotatable bonds is 8. The average molecular weight is 343 g/mol. The van der Waals surface area contributed by atoms with Crippen molar-refractivity contribution in [2.45, 2.75) is 32.4 Å². The molecule has 24 heavy (non-hydrogen) atoms. The van der Waals surface area contributed by atoms with Gasteiger partial charge < -0.3 is 10.1 Å². The van der Waals surface area contributed by atoms with Gasteiger partial charge in [0.15, 0.2) is 0 Å². The van der Waals surface area contributed by atoms with Gasteiger partial charge in [-0.1, -0.05) is 36.4 Å². The summed E-state index contributed by atoms with van der Waals surface area (Å²) in [5.74, 6) is 2.88. The lowest BCUT2D eigenvalue weighted by atomic mass is 10.1. The summed E-state index contributed by atoms with van der Waals surface area (Å²) in [6.07, 6.45) is 1.42. The fourth-order valence-corrected chi connectivity index (χ4v) is 3.50. The topological polar surface area (TPSA) is 38.3 Å². The van der Waals surface area contributed by atoms with Crippen LogP contribution in [-0.2, 0) is 10.5 Å². The van der Waals surface area contributed by atoms with Crippen LogP contribution < -0.4 is 10.1 Å². The molecule has 2 rings (SSSR count). The molecule has 0 aromatic heterocycles. The van der Waals surface area contributed by atoms with Crippen LogP contribution in [0.15, 0.2) is 42.5 Å². The number of hydrogen-bond donors (Lipinski definition) is 1. The third-order valence-corrected chi connectivity index (χ3v) is 4.98. The summed E-state index contributed by atoms with van der Waals surface area (Å²) in [5.41, 5.74) is 4.36. The second-order valence-electron chi connectivity index (χ2n) is 5.78. The molecule has 1 N–H and O–H groups in total. The van der Waals surface area contributed by atoms with Crippen molar-refractivity contribution >= 4 is 23.4 Å². The SMILES string of the molecule is COc1ccccc1CSCCCC(=O)Nc1c(C)cccc1C. The van der Waals surface area contributed by atoms with E-state index in [1.54, 1.807) is 7.11 Å². The lowest BCUT2D eigenvalue weighted by Gasteiger charge is -2.11. The van der Waals surface area contributed by atoms with Crippen molar-refractivity contribution in [3.63, 3.8) is 0 Å². The van der Waals surface area contributed by atoms with Gasteiger partial charge in [-0.2, -0.15) is 11.8 Å². The monoisotopic (exact) mass is 343 g/mol. The van der Waals surface area contributed by atoms with Gasteiger partial charge in [0.05, 0.1) is 7.11 Å². The van der Waals surface area contributed by atoms with Crippen molar-refractivity contribution in [3.05, 3.63) is 59.2 Å². The molecule has 1 amide bonds. The molecule has 0 fully saturated rings. The van der Waals surface area contributed by atoms with Gasteiger partial charge in [-0.05, 0) is 43.2 Å². The zero-order valence-corrected chi connectivity index (χ0v) is 15.4. The van der Waals surface area contributed by atoms with E-state index in [0.717, 1.165) is 40.5 Å². The van der Waals surface area contributed by atoms with Crippen LogP contribution in [0.25, 0.3) is 0 Å². The highest BCUT2D eigenvalue weighted by molar-refractivity contribution is 7.98. The minimum absolute atomic E-state index is 0.0882. The molecule has 0 atom stereocenters. The molecule has 4 heteroatoms. The van der Waals surface area contributed by atoms with Crippen LogP contribution in [0, 0.1) is 13.8 Å². The molecular formula is C20H25NO2S. The molecule has 2 aromatic carbocycles. The summed E-state index contributed by atoms with van der Waals surface area (Å²) >= 11 is 1.83. The Morgan fingerprint density at radius 2 is 1.79 bits per heavy atom. The van der Waals surface area contributed by atoms with Gasteiger partial charge in [0.1, 0.15) is 5.75 Å². The van der Waals surface area contributed by atoms with Crippen molar-refractivity contribution in [1.29, 1.82) is 0 Å². The maximum atomic E-state index is 12.1. The van der Waals surface area contributed by atoms with Crippen molar-refractivity contribution in [1.82, 2.24) is 0 Å². The van der Waals surface area contributed by atoms with Gasteiger partial charge in [-0.15, -0.1) is 0 Å². The molecule has 2 aromatic rings. The predicted octanol–water partition coefficient (Wildman–Crippen LogP) is 4.96. The highest BCUT2D eigenvalue weighted by Gasteiger charge is 2.07. The molecule has 0 heterocycles. The number of nitrogens with one attached hydrogen (secondary N) is 1. The summed E-state index contributed by atoms with van der Waals surface area (Å²) in [4.78, 5) is 12.1. The molecule has 0 aliphatic rings. The van der Waals surface area contributed by atoms with Crippen molar-refractivity contribution < 1.29 is 9.53 Å². The summed E-state index contributed by atoms with van der Waals surface area (Å²) in [6.45, 7) is 4.04. The van der Waals surface area contributed by atoms with Gasteiger partial charge >= 0.3 is 0 Å². The molecular weight excluding hydrogens is 318 g/mol. The molecule has 0 radical (unpaired) electrons. The lowest BCUT2D eigenvalue weighted by molar-refractivity contribution is -0.116. The molecule has 0 saturated carbocycles. The van der Waals surface area contributed by atoms with Crippen LogP contribution in [0.3, 0.4) is 0 Å². The first-order valence-electron chi connectivity index (χ1n) is 8.17. The number of para-hydroxylation sites is 2. The smallest absolute Gasteiger partial charge is 0.224 e. The van der Waals surface area contributed by atoms with Crippen LogP contribution in [-0.4, -0.2) is 18.8 Å². The molecule has 0 unspecified atom stereocenters. The zero-order chi connectivity index (χ0) is 17.4. The number of amides is 1. The zero-order valence-electron chi connectivity index (χ0n) is 14.6. The van der Waals surface area contributed by atoms with Crippen LogP contribution in [0.4, 0.5) is 5.69 Å². The van der Waals surface area contributed by atoms with Gasteiger partial charge in [-0.3, -0.25) is 4.79 Å². The summed E-state index contributed by atoms with van der Waals surface area (Å²) in [7, 11) is 1.70. The molecule has 0 saturated heterocycles. The second kappa shape index (κ2) is 9.38. The Morgan fingerprint density at radius 3 is 2.50 bits per heavy atom. The fraction of sp³-hybridized carbons (Fsp3) is 0.350. The largest absolute Gasteiger partial charge is 0.496 e.